The summed E-state index contributed by atoms with van der Waals surface area (Å²) in [5, 5.41) is 0. The minimum atomic E-state index is -1.45. The molecule has 3 saturated carbocycles. The summed E-state index contributed by atoms with van der Waals surface area (Å²) in [4.78, 5) is 36.2. The van der Waals surface area contributed by atoms with E-state index in [1.165, 1.54) is 28.3 Å². The van der Waals surface area contributed by atoms with Crippen molar-refractivity contribution < 1.29 is 33.3 Å². The van der Waals surface area contributed by atoms with Crippen LogP contribution in [0.3, 0.4) is 0 Å². The largest absolute Gasteiger partial charge is 0.469 e. The molecule has 0 amide bonds. The Hall–Kier alpha value is -1.47. The summed E-state index contributed by atoms with van der Waals surface area (Å²) < 4.78 is 20.9. The van der Waals surface area contributed by atoms with E-state index in [9.17, 15) is 14.4 Å². The standard InChI is InChI=1S/C14H18O7/c1-6(15)21-7-5-8-13(12(17)18-2)9(7)10(13)11(16)14(8,19-3)20-4/h7-10H,5H2,1-4H3/t7-,8+,9-,10+,13-/m0/s1. The van der Waals surface area contributed by atoms with E-state index in [2.05, 4.69) is 0 Å². The van der Waals surface area contributed by atoms with Crippen LogP contribution in [0.5, 0.6) is 0 Å². The van der Waals surface area contributed by atoms with Crippen LogP contribution in [0.1, 0.15) is 13.3 Å². The van der Waals surface area contributed by atoms with Gasteiger partial charge in [0.15, 0.2) is 5.78 Å². The van der Waals surface area contributed by atoms with Crippen LogP contribution in [0.4, 0.5) is 0 Å². The van der Waals surface area contributed by atoms with Crippen LogP contribution in [-0.2, 0) is 33.3 Å². The Morgan fingerprint density at radius 2 is 1.81 bits per heavy atom. The molecule has 0 radical (unpaired) electrons. The lowest BCUT2D eigenvalue weighted by atomic mass is 9.87. The van der Waals surface area contributed by atoms with Crippen LogP contribution in [0.25, 0.3) is 0 Å². The Kier molecular flexibility index (Phi) is 2.94. The van der Waals surface area contributed by atoms with Gasteiger partial charge in [0.05, 0.1) is 12.5 Å². The van der Waals surface area contributed by atoms with Crippen LogP contribution in [0.2, 0.25) is 0 Å². The topological polar surface area (TPSA) is 88.1 Å². The van der Waals surface area contributed by atoms with Gasteiger partial charge in [-0.2, -0.15) is 0 Å². The summed E-state index contributed by atoms with van der Waals surface area (Å²) in [6.45, 7) is 1.31. The van der Waals surface area contributed by atoms with Crippen molar-refractivity contribution in [1.82, 2.24) is 0 Å². The van der Waals surface area contributed by atoms with E-state index in [-0.39, 0.29) is 11.7 Å². The van der Waals surface area contributed by atoms with Crippen molar-refractivity contribution in [3.8, 4) is 0 Å². The van der Waals surface area contributed by atoms with Gasteiger partial charge in [-0.1, -0.05) is 0 Å². The third-order valence-corrected chi connectivity index (χ3v) is 5.31. The van der Waals surface area contributed by atoms with Gasteiger partial charge in [-0.3, -0.25) is 14.4 Å². The first-order valence-corrected chi connectivity index (χ1v) is 6.82. The molecule has 3 rings (SSSR count). The smallest absolute Gasteiger partial charge is 0.313 e. The first kappa shape index (κ1) is 14.5. The fourth-order valence-corrected chi connectivity index (χ4v) is 4.70. The van der Waals surface area contributed by atoms with Crippen molar-refractivity contribution in [2.75, 3.05) is 21.3 Å². The number of rotatable bonds is 4. The molecule has 0 spiro atoms. The van der Waals surface area contributed by atoms with Crippen molar-refractivity contribution in [3.05, 3.63) is 0 Å². The van der Waals surface area contributed by atoms with E-state index < -0.39 is 41.1 Å². The van der Waals surface area contributed by atoms with Gasteiger partial charge in [-0.25, -0.2) is 0 Å². The van der Waals surface area contributed by atoms with Crippen LogP contribution >= 0.6 is 0 Å². The number of hydrogen-bond donors (Lipinski definition) is 0. The highest BCUT2D eigenvalue weighted by Crippen LogP contribution is 2.79. The Morgan fingerprint density at radius 3 is 2.29 bits per heavy atom. The molecule has 7 nitrogen and oxygen atoms in total. The lowest BCUT2D eigenvalue weighted by Crippen LogP contribution is -2.48. The molecule has 0 N–H and O–H groups in total. The van der Waals surface area contributed by atoms with Crippen LogP contribution in [0, 0.1) is 23.2 Å². The van der Waals surface area contributed by atoms with Gasteiger partial charge in [0.2, 0.25) is 5.79 Å². The summed E-state index contributed by atoms with van der Waals surface area (Å²) in [7, 11) is 4.05. The fraction of sp³-hybridized carbons (Fsp3) is 0.786. The number of ketones is 1. The van der Waals surface area contributed by atoms with Crippen molar-refractivity contribution in [1.29, 1.82) is 0 Å². The normalized spacial score (nSPS) is 41.6. The van der Waals surface area contributed by atoms with Gasteiger partial charge in [0.25, 0.3) is 0 Å². The SMILES string of the molecule is COC(=O)[C@]12[C@H]3[C@@H](OC(C)=O)C[C@H]1C(OC)(OC)C(=O)[C@@H]32. The maximum Gasteiger partial charge on any atom is 0.313 e. The third kappa shape index (κ3) is 1.38. The quantitative estimate of drug-likeness (QED) is 0.529. The van der Waals surface area contributed by atoms with E-state index in [1.54, 1.807) is 0 Å². The molecule has 3 aliphatic carbocycles. The summed E-state index contributed by atoms with van der Waals surface area (Å²) in [5.41, 5.74) is -0.974. The number of Topliss-reactive ketones (excluding diaryl/α,β-unsaturated/α-hetero) is 1. The second kappa shape index (κ2) is 4.27. The zero-order valence-corrected chi connectivity index (χ0v) is 12.4. The number of ether oxygens (including phenoxy) is 4. The molecule has 7 heteroatoms. The monoisotopic (exact) mass is 298 g/mol. The zero-order valence-electron chi connectivity index (χ0n) is 12.4. The maximum absolute atomic E-state index is 12.7. The number of carbonyl (C=O) groups is 3. The number of methoxy groups -OCH3 is 3. The van der Waals surface area contributed by atoms with Crippen LogP contribution in [-0.4, -0.2) is 50.9 Å². The number of esters is 2. The van der Waals surface area contributed by atoms with Gasteiger partial charge >= 0.3 is 11.9 Å². The first-order valence-electron chi connectivity index (χ1n) is 6.82. The molecular weight excluding hydrogens is 280 g/mol. The first-order chi connectivity index (χ1) is 9.91. The number of carbonyl (C=O) groups excluding carboxylic acids is 3. The molecule has 0 aromatic rings. The minimum Gasteiger partial charge on any atom is -0.469 e. The summed E-state index contributed by atoms with van der Waals surface area (Å²) >= 11 is 0. The molecule has 0 aromatic carbocycles. The van der Waals surface area contributed by atoms with Crippen LogP contribution < -0.4 is 0 Å². The molecule has 3 fully saturated rings. The molecule has 21 heavy (non-hydrogen) atoms. The zero-order chi connectivity index (χ0) is 15.6. The lowest BCUT2D eigenvalue weighted by molar-refractivity contribution is -0.228. The average Bonchev–Trinajstić information content (AvgIpc) is 3.01. The van der Waals surface area contributed by atoms with Gasteiger partial charge in [-0.15, -0.1) is 0 Å². The number of hydrogen-bond acceptors (Lipinski definition) is 7. The second-order valence-electron chi connectivity index (χ2n) is 5.80. The van der Waals surface area contributed by atoms with Gasteiger partial charge in [-0.05, 0) is 6.42 Å². The highest BCUT2D eigenvalue weighted by molar-refractivity contribution is 6.05. The minimum absolute atomic E-state index is 0.262. The summed E-state index contributed by atoms with van der Waals surface area (Å²) in [6, 6.07) is 0. The predicted octanol–water partition coefficient (Wildman–Crippen LogP) is -0.0848. The van der Waals surface area contributed by atoms with E-state index in [1.807, 2.05) is 0 Å². The van der Waals surface area contributed by atoms with Gasteiger partial charge < -0.3 is 18.9 Å². The molecule has 116 valence electrons. The van der Waals surface area contributed by atoms with Gasteiger partial charge in [0.1, 0.15) is 6.10 Å². The highest BCUT2D eigenvalue weighted by atomic mass is 16.7. The molecule has 0 aromatic heterocycles. The fourth-order valence-electron chi connectivity index (χ4n) is 4.70. The van der Waals surface area contributed by atoms with Crippen molar-refractivity contribution in [2.24, 2.45) is 23.2 Å². The van der Waals surface area contributed by atoms with E-state index in [0.29, 0.717) is 6.42 Å². The molecule has 0 saturated heterocycles. The van der Waals surface area contributed by atoms with Crippen LogP contribution in [0.15, 0.2) is 0 Å². The molecule has 0 aliphatic heterocycles. The Balaban J connectivity index is 2.04. The third-order valence-electron chi connectivity index (χ3n) is 5.31. The second-order valence-corrected chi connectivity index (χ2v) is 5.80. The molecule has 5 atom stereocenters. The molecule has 0 unspecified atom stereocenters. The Bertz CT molecular complexity index is 523. The van der Waals surface area contributed by atoms with Crippen molar-refractivity contribution in [3.63, 3.8) is 0 Å². The lowest BCUT2D eigenvalue weighted by Gasteiger charge is -2.32. The van der Waals surface area contributed by atoms with Crippen molar-refractivity contribution in [2.45, 2.75) is 25.2 Å². The Labute approximate surface area is 121 Å². The molecule has 0 bridgehead atoms. The summed E-state index contributed by atoms with van der Waals surface area (Å²) in [6.07, 6.45) is -0.128. The summed E-state index contributed by atoms with van der Waals surface area (Å²) in [5.74, 6) is -3.99. The average molecular weight is 298 g/mol. The Morgan fingerprint density at radius 1 is 1.19 bits per heavy atom. The highest BCUT2D eigenvalue weighted by Gasteiger charge is 2.92. The van der Waals surface area contributed by atoms with Crippen molar-refractivity contribution >= 4 is 17.7 Å². The predicted molar refractivity (Wildman–Crippen MR) is 66.8 cm³/mol. The van der Waals surface area contributed by atoms with Gasteiger partial charge in [0, 0.05) is 38.9 Å². The van der Waals surface area contributed by atoms with E-state index in [4.69, 9.17) is 18.9 Å². The molecule has 3 aliphatic rings. The van der Waals surface area contributed by atoms with E-state index in [0.717, 1.165) is 0 Å². The number of fused-ring (bicyclic) bond motifs is 1. The van der Waals surface area contributed by atoms with E-state index >= 15 is 0 Å². The molecular formula is C14H18O7. The maximum atomic E-state index is 12.7. The molecule has 0 heterocycles.